The summed E-state index contributed by atoms with van der Waals surface area (Å²) in [4.78, 5) is 21.7. The van der Waals surface area contributed by atoms with Gasteiger partial charge in [-0.15, -0.1) is 0 Å². The molecule has 0 amide bonds. The molecule has 1 atom stereocenters. The molecule has 0 aromatic rings. The van der Waals surface area contributed by atoms with E-state index in [1.807, 2.05) is 0 Å². The highest BCUT2D eigenvalue weighted by Crippen LogP contribution is 1.99. The predicted octanol–water partition coefficient (Wildman–Crippen LogP) is 1.30. The van der Waals surface area contributed by atoms with E-state index in [1.54, 1.807) is 20.8 Å². The molecule has 0 aliphatic heterocycles. The van der Waals surface area contributed by atoms with Gasteiger partial charge in [0.1, 0.15) is 12.7 Å². The molecule has 0 aromatic carbocycles. The monoisotopic (exact) mass is 200 g/mol. The summed E-state index contributed by atoms with van der Waals surface area (Å²) in [5.74, 6) is -0.984. The van der Waals surface area contributed by atoms with E-state index in [1.165, 1.54) is 0 Å². The molecule has 0 spiro atoms. The fraction of sp³-hybridized carbons (Fsp3) is 0.600. The van der Waals surface area contributed by atoms with Gasteiger partial charge in [0.25, 0.3) is 0 Å². The van der Waals surface area contributed by atoms with Crippen LogP contribution in [0.25, 0.3) is 0 Å². The van der Waals surface area contributed by atoms with Crippen LogP contribution in [0.5, 0.6) is 0 Å². The molecule has 0 fully saturated rings. The Hall–Kier alpha value is -1.32. The van der Waals surface area contributed by atoms with Crippen LogP contribution in [0.1, 0.15) is 20.8 Å². The molecule has 80 valence electrons. The van der Waals surface area contributed by atoms with Gasteiger partial charge in [-0.2, -0.15) is 0 Å². The van der Waals surface area contributed by atoms with Crippen LogP contribution < -0.4 is 0 Å². The summed E-state index contributed by atoms with van der Waals surface area (Å²) in [6, 6.07) is 0. The van der Waals surface area contributed by atoms with E-state index < -0.39 is 12.1 Å². The van der Waals surface area contributed by atoms with Crippen LogP contribution in [0.3, 0.4) is 0 Å². The van der Waals surface area contributed by atoms with Gasteiger partial charge in [-0.05, 0) is 6.92 Å². The largest absolute Gasteiger partial charge is 0.462 e. The van der Waals surface area contributed by atoms with Crippen molar-refractivity contribution >= 4 is 11.9 Å². The quantitative estimate of drug-likeness (QED) is 0.496. The van der Waals surface area contributed by atoms with Crippen molar-refractivity contribution in [3.05, 3.63) is 12.7 Å². The van der Waals surface area contributed by atoms with Crippen molar-refractivity contribution in [3.8, 4) is 0 Å². The first-order chi connectivity index (χ1) is 6.47. The SMILES string of the molecule is C=CC(=O)OC(C)COC(=O)C(C)C. The Morgan fingerprint density at radius 2 is 1.93 bits per heavy atom. The van der Waals surface area contributed by atoms with Crippen LogP contribution in [-0.2, 0) is 19.1 Å². The molecule has 0 aliphatic rings. The lowest BCUT2D eigenvalue weighted by molar-refractivity contribution is -0.156. The summed E-state index contributed by atoms with van der Waals surface area (Å²) >= 11 is 0. The lowest BCUT2D eigenvalue weighted by atomic mass is 10.2. The number of rotatable bonds is 5. The van der Waals surface area contributed by atoms with E-state index in [0.717, 1.165) is 6.08 Å². The fourth-order valence-electron chi connectivity index (χ4n) is 0.647. The Morgan fingerprint density at radius 3 is 2.36 bits per heavy atom. The second kappa shape index (κ2) is 6.18. The summed E-state index contributed by atoms with van der Waals surface area (Å²) in [5.41, 5.74) is 0. The minimum absolute atomic E-state index is 0.0800. The first kappa shape index (κ1) is 12.7. The van der Waals surface area contributed by atoms with Crippen LogP contribution in [0.15, 0.2) is 12.7 Å². The topological polar surface area (TPSA) is 52.6 Å². The van der Waals surface area contributed by atoms with Crippen molar-refractivity contribution in [1.29, 1.82) is 0 Å². The number of hydrogen-bond acceptors (Lipinski definition) is 4. The van der Waals surface area contributed by atoms with Gasteiger partial charge in [-0.3, -0.25) is 4.79 Å². The summed E-state index contributed by atoms with van der Waals surface area (Å²) in [5, 5.41) is 0. The van der Waals surface area contributed by atoms with Gasteiger partial charge in [0.2, 0.25) is 0 Å². The Bertz CT molecular complexity index is 220. The highest BCUT2D eigenvalue weighted by molar-refractivity contribution is 5.81. The average Bonchev–Trinajstić information content (AvgIpc) is 2.13. The lowest BCUT2D eigenvalue weighted by Crippen LogP contribution is -2.23. The zero-order chi connectivity index (χ0) is 11.1. The summed E-state index contributed by atoms with van der Waals surface area (Å²) < 4.78 is 9.66. The third-order valence-electron chi connectivity index (χ3n) is 1.42. The van der Waals surface area contributed by atoms with Crippen molar-refractivity contribution in [1.82, 2.24) is 0 Å². The van der Waals surface area contributed by atoms with Gasteiger partial charge in [-0.25, -0.2) is 4.79 Å². The molecule has 14 heavy (non-hydrogen) atoms. The summed E-state index contributed by atoms with van der Waals surface area (Å²) in [6.07, 6.45) is 0.629. The lowest BCUT2D eigenvalue weighted by Gasteiger charge is -2.13. The molecular formula is C10H16O4. The molecular weight excluding hydrogens is 184 g/mol. The fourth-order valence-corrected chi connectivity index (χ4v) is 0.647. The van der Waals surface area contributed by atoms with Crippen LogP contribution in [0.4, 0.5) is 0 Å². The Kier molecular flexibility index (Phi) is 5.60. The van der Waals surface area contributed by atoms with Crippen molar-refractivity contribution in [3.63, 3.8) is 0 Å². The molecule has 0 heterocycles. The molecule has 0 rings (SSSR count). The van der Waals surface area contributed by atoms with E-state index in [-0.39, 0.29) is 18.5 Å². The third-order valence-corrected chi connectivity index (χ3v) is 1.42. The predicted molar refractivity (Wildman–Crippen MR) is 51.5 cm³/mol. The van der Waals surface area contributed by atoms with Gasteiger partial charge < -0.3 is 9.47 Å². The summed E-state index contributed by atoms with van der Waals surface area (Å²) in [6.45, 7) is 8.46. The van der Waals surface area contributed by atoms with Crippen molar-refractivity contribution < 1.29 is 19.1 Å². The number of esters is 2. The average molecular weight is 200 g/mol. The van der Waals surface area contributed by atoms with Gasteiger partial charge in [-0.1, -0.05) is 20.4 Å². The molecule has 0 aliphatic carbocycles. The molecule has 0 saturated carbocycles. The number of carbonyl (C=O) groups is 2. The molecule has 0 saturated heterocycles. The minimum atomic E-state index is -0.516. The molecule has 1 unspecified atom stereocenters. The molecule has 0 aromatic heterocycles. The number of ether oxygens (including phenoxy) is 2. The van der Waals surface area contributed by atoms with Crippen molar-refractivity contribution in [2.75, 3.05) is 6.61 Å². The van der Waals surface area contributed by atoms with Gasteiger partial charge in [0.05, 0.1) is 5.92 Å². The maximum absolute atomic E-state index is 11.0. The molecule has 4 nitrogen and oxygen atoms in total. The van der Waals surface area contributed by atoms with E-state index in [9.17, 15) is 9.59 Å². The van der Waals surface area contributed by atoms with E-state index in [0.29, 0.717) is 0 Å². The van der Waals surface area contributed by atoms with E-state index in [4.69, 9.17) is 9.47 Å². The second-order valence-corrected chi connectivity index (χ2v) is 3.24. The first-order valence-electron chi connectivity index (χ1n) is 4.47. The van der Waals surface area contributed by atoms with E-state index >= 15 is 0 Å². The van der Waals surface area contributed by atoms with Gasteiger partial charge in [0.15, 0.2) is 0 Å². The van der Waals surface area contributed by atoms with E-state index in [2.05, 4.69) is 6.58 Å². The maximum atomic E-state index is 11.0. The Labute approximate surface area is 83.9 Å². The zero-order valence-electron chi connectivity index (χ0n) is 8.78. The molecule has 0 N–H and O–H groups in total. The van der Waals surface area contributed by atoms with Crippen molar-refractivity contribution in [2.24, 2.45) is 5.92 Å². The highest BCUT2D eigenvalue weighted by Gasteiger charge is 2.12. The van der Waals surface area contributed by atoms with Crippen LogP contribution >= 0.6 is 0 Å². The Balaban J connectivity index is 3.74. The van der Waals surface area contributed by atoms with Crippen LogP contribution in [0, 0.1) is 5.92 Å². The third kappa shape index (κ3) is 5.35. The van der Waals surface area contributed by atoms with Crippen LogP contribution in [-0.4, -0.2) is 24.6 Å². The smallest absolute Gasteiger partial charge is 0.330 e. The number of carbonyl (C=O) groups excluding carboxylic acids is 2. The first-order valence-corrected chi connectivity index (χ1v) is 4.47. The standard InChI is InChI=1S/C10H16O4/c1-5-9(11)14-8(4)6-13-10(12)7(2)3/h5,7-8H,1,6H2,2-4H3. The van der Waals surface area contributed by atoms with Crippen LogP contribution in [0.2, 0.25) is 0 Å². The minimum Gasteiger partial charge on any atom is -0.462 e. The molecule has 0 radical (unpaired) electrons. The summed E-state index contributed by atoms with van der Waals surface area (Å²) in [7, 11) is 0. The van der Waals surface area contributed by atoms with Gasteiger partial charge in [0, 0.05) is 6.08 Å². The second-order valence-electron chi connectivity index (χ2n) is 3.24. The molecule has 4 heteroatoms. The maximum Gasteiger partial charge on any atom is 0.330 e. The highest BCUT2D eigenvalue weighted by atomic mass is 16.6. The number of hydrogen-bond donors (Lipinski definition) is 0. The molecule has 0 bridgehead atoms. The zero-order valence-corrected chi connectivity index (χ0v) is 8.78. The Morgan fingerprint density at radius 1 is 1.36 bits per heavy atom. The van der Waals surface area contributed by atoms with Gasteiger partial charge >= 0.3 is 11.9 Å². The normalized spacial score (nSPS) is 12.0. The van der Waals surface area contributed by atoms with Crippen molar-refractivity contribution in [2.45, 2.75) is 26.9 Å².